The molecule has 0 saturated heterocycles. The van der Waals surface area contributed by atoms with Crippen LogP contribution in [0.2, 0.25) is 10.0 Å². The second-order valence-electron chi connectivity index (χ2n) is 30.8. The summed E-state index contributed by atoms with van der Waals surface area (Å²) in [6, 6.07) is 43.7. The Bertz CT molecular complexity index is 4450. The van der Waals surface area contributed by atoms with Crippen LogP contribution in [-0.2, 0) is 43.4 Å². The quantitative estimate of drug-likeness (QED) is 0.101. The molecule has 14 rings (SSSR count). The van der Waals surface area contributed by atoms with Crippen LogP contribution in [0.15, 0.2) is 133 Å². The van der Waals surface area contributed by atoms with Gasteiger partial charge in [-0.05, 0) is 253 Å². The number of ether oxygens (including phenoxy) is 2. The number of nitrogens with one attached hydrogen (secondary N) is 4. The van der Waals surface area contributed by atoms with Gasteiger partial charge in [-0.3, -0.25) is 23.9 Å². The van der Waals surface area contributed by atoms with E-state index in [0.29, 0.717) is 111 Å². The van der Waals surface area contributed by atoms with Crippen LogP contribution >= 0.6 is 23.2 Å². The highest BCUT2D eigenvalue weighted by molar-refractivity contribution is 7.99. The smallest absolute Gasteiger partial charge is 0.264 e. The maximum Gasteiger partial charge on any atom is 0.264 e. The van der Waals surface area contributed by atoms with Gasteiger partial charge in [0, 0.05) is 80.5 Å². The number of sulfonamides is 1. The van der Waals surface area contributed by atoms with Crippen molar-refractivity contribution in [2.24, 2.45) is 35.5 Å². The first-order valence-electron chi connectivity index (χ1n) is 36.5. The van der Waals surface area contributed by atoms with Crippen molar-refractivity contribution < 1.29 is 46.4 Å². The van der Waals surface area contributed by atoms with E-state index >= 15 is 0 Å². The maximum atomic E-state index is 14.0. The lowest BCUT2D eigenvalue weighted by molar-refractivity contribution is 0.00723. The third-order valence-corrected chi connectivity index (χ3v) is 29.2. The molecular formula is C81H95Cl2N7O10S2. The van der Waals surface area contributed by atoms with E-state index in [4.69, 9.17) is 32.7 Å². The molecular weight excluding hydrogens is 1370 g/mol. The van der Waals surface area contributed by atoms with Crippen LogP contribution in [0.4, 0.5) is 11.4 Å². The number of fused-ring (bicyclic) bond motifs is 8. The Kier molecular flexibility index (Phi) is 21.0. The monoisotopic (exact) mass is 1460 g/mol. The highest BCUT2D eigenvalue weighted by Crippen LogP contribution is 2.52. The van der Waals surface area contributed by atoms with Crippen LogP contribution in [0.25, 0.3) is 0 Å². The summed E-state index contributed by atoms with van der Waals surface area (Å²) in [6.45, 7) is 10.6. The van der Waals surface area contributed by atoms with Crippen molar-refractivity contribution in [2.75, 3.05) is 55.8 Å². The standard InChI is InChI=1S/C41H47ClN4O4S.C40H48ClN3O6S/c1-27-9-7-20-41(24-43,44-38(47)29-10-5-4-6-11-29)35-16-13-32(35)23-46-25-40(19-8-12-30-21-33(42)15-17-34(30)40)26-50-37-18-14-31(22-36(37)46)39(48)45-51(3,49)28(27)2;1-26-8-6-19-40(24-45,42-37(46)28-9-4-3-5-10-28)34-15-12-31(34)22-44-23-39(18-7-11-29-20-32(41)14-16-33(29)39)25-50-36-17-13-30(21-35(36)44)38(47)43-51(48,49)27(26)2/h4-6,10-11,14-15,17-18,21-22,27-28,32,35H,3,7-9,12-13,16,19-20,23,25-26H2,1-2H3,(H,44,47)(H,45,48,49);3-5,9-10,13-14,16-17,20-21,26-27,31,34,45H,6-8,11-12,15,18-19,22-25H2,1-2H3,(H,42,46)(H,43,47)/t27-,28+,32-,35+,40-,41-,51?;26-,27+,31-,34+,39-,40+/m00/s1. The Morgan fingerprint density at radius 3 is 1.57 bits per heavy atom. The van der Waals surface area contributed by atoms with Gasteiger partial charge in [0.05, 0.1) is 57.8 Å². The number of nitriles is 1. The number of rotatable bonds is 5. The molecule has 2 spiro atoms. The molecule has 0 aromatic heterocycles. The molecule has 6 aromatic carbocycles. The summed E-state index contributed by atoms with van der Waals surface area (Å²) in [5.74, 6) is 3.56. The fourth-order valence-corrected chi connectivity index (χ4v) is 21.3. The second kappa shape index (κ2) is 29.5. The van der Waals surface area contributed by atoms with Crippen molar-refractivity contribution in [3.8, 4) is 17.6 Å². The number of amides is 4. The molecule has 4 heterocycles. The maximum absolute atomic E-state index is 14.0. The molecule has 4 aliphatic carbocycles. The zero-order chi connectivity index (χ0) is 71.9. The van der Waals surface area contributed by atoms with Gasteiger partial charge < -0.3 is 35.0 Å². The van der Waals surface area contributed by atoms with E-state index in [9.17, 15) is 42.2 Å². The minimum Gasteiger partial charge on any atom is -0.490 e. The molecule has 4 bridgehead atoms. The number of aryl methyl sites for hydroxylation is 2. The molecule has 8 aliphatic rings. The summed E-state index contributed by atoms with van der Waals surface area (Å²) in [4.78, 5) is 59.5. The normalized spacial score (nSPS) is 31.3. The topological polar surface area (TPSA) is 237 Å². The van der Waals surface area contributed by atoms with Gasteiger partial charge in [-0.15, -0.1) is 0 Å². The number of halogens is 2. The first-order chi connectivity index (χ1) is 48.9. The molecule has 540 valence electrons. The Hall–Kier alpha value is -7.60. The number of nitrogens with zero attached hydrogens (tertiary/aromatic N) is 3. The first-order valence-corrected chi connectivity index (χ1v) is 40.6. The van der Waals surface area contributed by atoms with Crippen LogP contribution in [0.5, 0.6) is 11.5 Å². The van der Waals surface area contributed by atoms with Crippen molar-refractivity contribution in [1.82, 2.24) is 20.1 Å². The largest absolute Gasteiger partial charge is 0.490 e. The van der Waals surface area contributed by atoms with Crippen LogP contribution in [0, 0.1) is 46.8 Å². The van der Waals surface area contributed by atoms with E-state index in [1.54, 1.807) is 55.5 Å². The first kappa shape index (κ1) is 72.7. The van der Waals surface area contributed by atoms with Gasteiger partial charge in [0.15, 0.2) is 0 Å². The number of aliphatic hydroxyl groups excluding tert-OH is 1. The Labute approximate surface area is 611 Å². The number of benzene rings is 6. The summed E-state index contributed by atoms with van der Waals surface area (Å²) in [6.07, 6.45) is 12.6. The van der Waals surface area contributed by atoms with E-state index in [1.165, 1.54) is 22.3 Å². The average Bonchev–Trinajstić information content (AvgIpc) is 1.46. The third kappa shape index (κ3) is 14.5. The van der Waals surface area contributed by atoms with Gasteiger partial charge >= 0.3 is 0 Å². The molecule has 4 amide bonds. The molecule has 1 unspecified atom stereocenters. The number of carbonyl (C=O) groups excluding carboxylic acids is 4. The molecule has 21 heteroatoms. The van der Waals surface area contributed by atoms with Gasteiger partial charge in [-0.2, -0.15) is 5.26 Å². The van der Waals surface area contributed by atoms with Gasteiger partial charge in [0.25, 0.3) is 23.6 Å². The summed E-state index contributed by atoms with van der Waals surface area (Å²) in [5, 5.41) is 29.0. The number of hydrogen-bond donors (Lipinski definition) is 5. The molecule has 2 fully saturated rings. The Morgan fingerprint density at radius 1 is 0.598 bits per heavy atom. The highest BCUT2D eigenvalue weighted by Gasteiger charge is 2.53. The van der Waals surface area contributed by atoms with Gasteiger partial charge in [0.1, 0.15) is 17.0 Å². The van der Waals surface area contributed by atoms with Gasteiger partial charge in [0.2, 0.25) is 10.0 Å². The van der Waals surface area contributed by atoms with Crippen LogP contribution in [0.1, 0.15) is 181 Å². The molecule has 17 nitrogen and oxygen atoms in total. The van der Waals surface area contributed by atoms with Crippen molar-refractivity contribution in [3.05, 3.63) is 188 Å². The lowest BCUT2D eigenvalue weighted by atomic mass is 9.61. The molecule has 13 atom stereocenters. The summed E-state index contributed by atoms with van der Waals surface area (Å²) >= 11 is 12.9. The van der Waals surface area contributed by atoms with E-state index in [2.05, 4.69) is 66.1 Å². The van der Waals surface area contributed by atoms with Crippen molar-refractivity contribution in [1.29, 1.82) is 5.26 Å². The minimum atomic E-state index is -4.01. The molecule has 0 radical (unpaired) electrons. The van der Waals surface area contributed by atoms with Crippen molar-refractivity contribution >= 4 is 83.8 Å². The van der Waals surface area contributed by atoms with E-state index in [-0.39, 0.29) is 70.3 Å². The van der Waals surface area contributed by atoms with E-state index in [0.717, 1.165) is 80.6 Å². The predicted octanol–water partition coefficient (Wildman–Crippen LogP) is 13.4. The fourth-order valence-electron chi connectivity index (χ4n) is 18.0. The SMILES string of the molecule is C=S1(=O)NC(=O)c2ccc3c(c2)N(C[C@@H]2CC[C@H]2[C@](C#N)(NC(=O)c2ccccc2)CCC[C@H](C)[C@H]1C)C[C@@]1(CCCc2cc(Cl)ccc21)CO3.C[C@@H]1[C@@H](C)CCC[C@](CO)(NC(=O)c2ccccc2)[C@@H]2CC[C@H]2CN2C[C@@]3(CCCc4cc(Cl)ccc43)COc3ccc(cc32)C(=O)NS1(=O)=O. The van der Waals surface area contributed by atoms with Crippen molar-refractivity contribution in [2.45, 2.75) is 163 Å². The van der Waals surface area contributed by atoms with Crippen LogP contribution in [-0.4, -0.2) is 115 Å². The van der Waals surface area contributed by atoms with E-state index < -0.39 is 53.1 Å². The highest BCUT2D eigenvalue weighted by atomic mass is 35.5. The number of aliphatic hydroxyl groups is 1. The lowest BCUT2D eigenvalue weighted by Gasteiger charge is -2.52. The zero-order valence-corrected chi connectivity index (χ0v) is 62.0. The van der Waals surface area contributed by atoms with Gasteiger partial charge in [-0.25, -0.2) is 17.3 Å². The lowest BCUT2D eigenvalue weighted by Crippen LogP contribution is -2.62. The summed E-state index contributed by atoms with van der Waals surface area (Å²) < 4.78 is 59.4. The Morgan fingerprint density at radius 2 is 1.08 bits per heavy atom. The van der Waals surface area contributed by atoms with Crippen LogP contribution < -0.4 is 39.4 Å². The molecule has 6 aromatic rings. The summed E-state index contributed by atoms with van der Waals surface area (Å²) in [5.41, 5.74) is 5.48. The molecule has 4 aliphatic heterocycles. The van der Waals surface area contributed by atoms with Crippen molar-refractivity contribution in [3.63, 3.8) is 0 Å². The summed E-state index contributed by atoms with van der Waals surface area (Å²) in [7, 11) is -7.03. The van der Waals surface area contributed by atoms with E-state index in [1.807, 2.05) is 81.4 Å². The third-order valence-electron chi connectivity index (χ3n) is 24.6. The molecule has 102 heavy (non-hydrogen) atoms. The fraction of sp³-hybridized carbons (Fsp3) is 0.481. The molecule has 5 N–H and O–H groups in total. The molecule has 2 saturated carbocycles. The minimum absolute atomic E-state index is 0.0213. The van der Waals surface area contributed by atoms with Crippen LogP contribution in [0.3, 0.4) is 0 Å². The number of anilines is 2. The number of hydrogen-bond acceptors (Lipinski definition) is 13. The predicted molar refractivity (Wildman–Crippen MR) is 403 cm³/mol. The number of carbonyl (C=O) groups is 4. The second-order valence-corrected chi connectivity index (χ2v) is 36.1. The zero-order valence-electron chi connectivity index (χ0n) is 58.8. The Balaban J connectivity index is 0.000000182. The average molecular weight is 1460 g/mol. The van der Waals surface area contributed by atoms with Gasteiger partial charge in [-0.1, -0.05) is 92.0 Å².